The number of amides is 1. The Balaban J connectivity index is 1.99. The maximum absolute atomic E-state index is 12.2. The van der Waals surface area contributed by atoms with Gasteiger partial charge in [-0.25, -0.2) is 0 Å². The second-order valence-electron chi connectivity index (χ2n) is 7.09. The molecule has 0 radical (unpaired) electrons. The van der Waals surface area contributed by atoms with Crippen molar-refractivity contribution in [3.05, 3.63) is 53.4 Å². The van der Waals surface area contributed by atoms with Gasteiger partial charge in [-0.05, 0) is 57.5 Å². The number of rotatable bonds is 4. The highest BCUT2D eigenvalue weighted by Gasteiger charge is 2.19. The first kappa shape index (κ1) is 18.1. The molecule has 0 saturated carbocycles. The summed E-state index contributed by atoms with van der Waals surface area (Å²) < 4.78 is 0. The van der Waals surface area contributed by atoms with Crippen LogP contribution in [0.4, 0.5) is 0 Å². The van der Waals surface area contributed by atoms with Crippen LogP contribution in [-0.4, -0.2) is 33.1 Å². The van der Waals surface area contributed by atoms with Gasteiger partial charge >= 0.3 is 0 Å². The Labute approximate surface area is 143 Å². The lowest BCUT2D eigenvalue weighted by atomic mass is 10.0. The third-order valence-electron chi connectivity index (χ3n) is 4.02. The molecular weight excluding hydrogens is 304 g/mol. The summed E-state index contributed by atoms with van der Waals surface area (Å²) in [5, 5.41) is 22.4. The van der Waals surface area contributed by atoms with Crippen LogP contribution in [0.1, 0.15) is 44.9 Å². The topological polar surface area (TPSA) is 72.8 Å². The monoisotopic (exact) mass is 330 g/mol. The highest BCUT2D eigenvalue weighted by molar-refractivity contribution is 5.81. The number of phenols is 1. The number of phenolic OH excluding ortho intramolecular Hbond substituents is 1. The van der Waals surface area contributed by atoms with Crippen molar-refractivity contribution in [2.45, 2.75) is 45.8 Å². The van der Waals surface area contributed by atoms with Crippen LogP contribution in [0.5, 0.6) is 5.75 Å². The van der Waals surface area contributed by atoms with Crippen molar-refractivity contribution in [2.75, 3.05) is 6.54 Å². The number of nitrogens with one attached hydrogen (secondary N) is 1. The normalized spacial score (nSPS) is 15.9. The minimum atomic E-state index is -0.639. The van der Waals surface area contributed by atoms with Crippen LogP contribution in [0.3, 0.4) is 0 Å². The van der Waals surface area contributed by atoms with Crippen LogP contribution in [0.25, 0.3) is 0 Å². The largest absolute Gasteiger partial charge is 0.508 e. The summed E-state index contributed by atoms with van der Waals surface area (Å²) in [6.45, 7) is 8.78. The fraction of sp³-hybridized carbons (Fsp3) is 0.421. The molecule has 1 atom stereocenters. The predicted octanol–water partition coefficient (Wildman–Crippen LogP) is 2.62. The third-order valence-corrected chi connectivity index (χ3v) is 4.02. The summed E-state index contributed by atoms with van der Waals surface area (Å²) >= 11 is 0. The van der Waals surface area contributed by atoms with Crippen LogP contribution >= 0.6 is 0 Å². The molecule has 5 nitrogen and oxygen atoms in total. The molecule has 5 heteroatoms. The minimum Gasteiger partial charge on any atom is -0.508 e. The molecule has 1 aliphatic rings. The summed E-state index contributed by atoms with van der Waals surface area (Å²) in [5.41, 5.74) is 1.97. The van der Waals surface area contributed by atoms with Crippen LogP contribution < -0.4 is 5.32 Å². The summed E-state index contributed by atoms with van der Waals surface area (Å²) in [4.78, 5) is 14.4. The van der Waals surface area contributed by atoms with E-state index in [2.05, 4.69) is 31.0 Å². The van der Waals surface area contributed by atoms with Crippen LogP contribution in [0, 0.1) is 0 Å². The summed E-state index contributed by atoms with van der Waals surface area (Å²) in [6.07, 6.45) is 5.23. The molecule has 1 unspecified atom stereocenters. The van der Waals surface area contributed by atoms with E-state index in [0.29, 0.717) is 11.1 Å². The van der Waals surface area contributed by atoms with Crippen molar-refractivity contribution < 1.29 is 15.0 Å². The maximum Gasteiger partial charge on any atom is 0.228 e. The Morgan fingerprint density at radius 2 is 2.08 bits per heavy atom. The highest BCUT2D eigenvalue weighted by Crippen LogP contribution is 2.23. The molecule has 0 fully saturated rings. The zero-order valence-electron chi connectivity index (χ0n) is 14.7. The fourth-order valence-corrected chi connectivity index (χ4v) is 2.47. The summed E-state index contributed by atoms with van der Waals surface area (Å²) in [5.74, 6) is -0.144. The Morgan fingerprint density at radius 1 is 1.38 bits per heavy atom. The highest BCUT2D eigenvalue weighted by atomic mass is 16.3. The van der Waals surface area contributed by atoms with Gasteiger partial charge in [0.25, 0.3) is 0 Å². The standard InChI is InChI=1S/C19H26N2O3/c1-13(22)14-5-6-17(23)15(11-14)12-18(24)20-16-7-9-21(10-8-16)19(2,3)4/h5-9,11,13,22-23H,10,12H2,1-4H3,(H,20,24). The molecule has 1 aromatic rings. The van der Waals surface area contributed by atoms with Crippen molar-refractivity contribution in [2.24, 2.45) is 0 Å². The maximum atomic E-state index is 12.2. The number of aliphatic hydroxyl groups is 1. The molecule has 1 heterocycles. The first-order chi connectivity index (χ1) is 11.2. The molecule has 1 aliphatic heterocycles. The number of carbonyl (C=O) groups excluding carboxylic acids is 1. The van der Waals surface area contributed by atoms with E-state index in [-0.39, 0.29) is 23.6 Å². The van der Waals surface area contributed by atoms with Crippen LogP contribution in [-0.2, 0) is 11.2 Å². The van der Waals surface area contributed by atoms with E-state index in [1.165, 1.54) is 6.07 Å². The van der Waals surface area contributed by atoms with Crippen molar-refractivity contribution in [1.82, 2.24) is 10.2 Å². The molecule has 24 heavy (non-hydrogen) atoms. The molecule has 0 bridgehead atoms. The zero-order chi connectivity index (χ0) is 17.9. The van der Waals surface area contributed by atoms with Gasteiger partial charge in [-0.2, -0.15) is 0 Å². The SMILES string of the molecule is CC(O)c1ccc(O)c(CC(=O)NC2=CCN(C(C)(C)C)C=C2)c1. The van der Waals surface area contributed by atoms with Crippen molar-refractivity contribution >= 4 is 5.91 Å². The predicted molar refractivity (Wildman–Crippen MR) is 94.3 cm³/mol. The Morgan fingerprint density at radius 3 is 2.62 bits per heavy atom. The lowest BCUT2D eigenvalue weighted by molar-refractivity contribution is -0.119. The van der Waals surface area contributed by atoms with Crippen LogP contribution in [0.2, 0.25) is 0 Å². The second kappa shape index (κ2) is 7.09. The number of benzene rings is 1. The van der Waals surface area contributed by atoms with Gasteiger partial charge in [0.1, 0.15) is 5.75 Å². The smallest absolute Gasteiger partial charge is 0.228 e. The third kappa shape index (κ3) is 4.61. The number of nitrogens with zero attached hydrogens (tertiary/aromatic N) is 1. The van der Waals surface area contributed by atoms with Crippen molar-refractivity contribution in [1.29, 1.82) is 0 Å². The van der Waals surface area contributed by atoms with E-state index in [1.54, 1.807) is 19.1 Å². The van der Waals surface area contributed by atoms with Gasteiger partial charge in [-0.3, -0.25) is 4.79 Å². The zero-order valence-corrected chi connectivity index (χ0v) is 14.7. The number of hydrogen-bond donors (Lipinski definition) is 3. The minimum absolute atomic E-state index is 0.0375. The summed E-state index contributed by atoms with van der Waals surface area (Å²) in [6, 6.07) is 4.81. The molecule has 2 rings (SSSR count). The van der Waals surface area contributed by atoms with Crippen molar-refractivity contribution in [3.63, 3.8) is 0 Å². The number of hydrogen-bond acceptors (Lipinski definition) is 4. The number of carbonyl (C=O) groups is 1. The molecule has 3 N–H and O–H groups in total. The molecule has 0 aliphatic carbocycles. The van der Waals surface area contributed by atoms with E-state index in [9.17, 15) is 15.0 Å². The number of aromatic hydroxyl groups is 1. The number of allylic oxidation sites excluding steroid dienone is 1. The van der Waals surface area contributed by atoms with Gasteiger partial charge in [0.05, 0.1) is 12.5 Å². The average molecular weight is 330 g/mol. The Hall–Kier alpha value is -2.27. The van der Waals surface area contributed by atoms with Gasteiger partial charge in [-0.15, -0.1) is 0 Å². The Kier molecular flexibility index (Phi) is 5.34. The molecule has 0 saturated heterocycles. The molecule has 0 spiro atoms. The fourth-order valence-electron chi connectivity index (χ4n) is 2.47. The van der Waals surface area contributed by atoms with Crippen molar-refractivity contribution in [3.8, 4) is 5.75 Å². The summed E-state index contributed by atoms with van der Waals surface area (Å²) in [7, 11) is 0. The average Bonchev–Trinajstić information content (AvgIpc) is 2.48. The molecule has 130 valence electrons. The Bertz CT molecular complexity index is 670. The van der Waals surface area contributed by atoms with Gasteiger partial charge < -0.3 is 20.4 Å². The van der Waals surface area contributed by atoms with E-state index >= 15 is 0 Å². The van der Waals surface area contributed by atoms with Crippen LogP contribution in [0.15, 0.2) is 42.2 Å². The van der Waals surface area contributed by atoms with E-state index in [0.717, 1.165) is 12.2 Å². The van der Waals surface area contributed by atoms with E-state index in [1.807, 2.05) is 18.4 Å². The lowest BCUT2D eigenvalue weighted by Gasteiger charge is -2.35. The molecule has 1 amide bonds. The lowest BCUT2D eigenvalue weighted by Crippen LogP contribution is -2.39. The van der Waals surface area contributed by atoms with Gasteiger partial charge in [0, 0.05) is 29.5 Å². The number of aliphatic hydroxyl groups excluding tert-OH is 1. The molecular formula is C19H26N2O3. The molecule has 1 aromatic carbocycles. The van der Waals surface area contributed by atoms with Gasteiger partial charge in [0.15, 0.2) is 0 Å². The first-order valence-electron chi connectivity index (χ1n) is 8.11. The second-order valence-corrected chi connectivity index (χ2v) is 7.09. The molecule has 0 aromatic heterocycles. The van der Waals surface area contributed by atoms with E-state index < -0.39 is 6.10 Å². The van der Waals surface area contributed by atoms with Gasteiger partial charge in [0.2, 0.25) is 5.91 Å². The van der Waals surface area contributed by atoms with E-state index in [4.69, 9.17) is 0 Å². The quantitative estimate of drug-likeness (QED) is 0.793. The first-order valence-corrected chi connectivity index (χ1v) is 8.11. The van der Waals surface area contributed by atoms with Gasteiger partial charge in [-0.1, -0.05) is 6.07 Å².